The largest absolute Gasteiger partial charge is 0.508 e. The lowest BCUT2D eigenvalue weighted by molar-refractivity contribution is 0.0841. The Labute approximate surface area is 181 Å². The average Bonchev–Trinajstić information content (AvgIpc) is 2.66. The summed E-state index contributed by atoms with van der Waals surface area (Å²) in [6, 6.07) is 5.86. The standard InChI is InChI=1S/C25H26O6/c1-14(2)5-4-9-25(3)10-8-17-20(31-25)7-6-16(24(17)29)21-13-19(28)23-18(27)11-15(26)12-22(23)30-21/h5-8,10-12,21,26-27,29H,4,9,13H2,1-3H3/t21-,25+/m0/s1. The number of aromatic hydroxyl groups is 3. The van der Waals surface area contributed by atoms with Gasteiger partial charge in [-0.25, -0.2) is 0 Å². The van der Waals surface area contributed by atoms with E-state index in [0.29, 0.717) is 16.9 Å². The molecule has 0 saturated carbocycles. The van der Waals surface area contributed by atoms with Gasteiger partial charge in [0.15, 0.2) is 5.78 Å². The van der Waals surface area contributed by atoms with Gasteiger partial charge in [-0.1, -0.05) is 11.6 Å². The number of carbonyl (C=O) groups is 1. The summed E-state index contributed by atoms with van der Waals surface area (Å²) in [5.74, 6) is -0.194. The molecule has 0 aliphatic carbocycles. The highest BCUT2D eigenvalue weighted by Gasteiger charge is 2.34. The first kappa shape index (κ1) is 20.8. The summed E-state index contributed by atoms with van der Waals surface area (Å²) in [7, 11) is 0. The van der Waals surface area contributed by atoms with Crippen molar-refractivity contribution in [2.24, 2.45) is 0 Å². The van der Waals surface area contributed by atoms with Crippen molar-refractivity contribution >= 4 is 11.9 Å². The van der Waals surface area contributed by atoms with E-state index in [1.165, 1.54) is 11.6 Å². The number of phenols is 3. The second kappa shape index (κ2) is 7.69. The van der Waals surface area contributed by atoms with E-state index in [-0.39, 0.29) is 40.8 Å². The van der Waals surface area contributed by atoms with Crippen molar-refractivity contribution in [3.05, 3.63) is 58.7 Å². The van der Waals surface area contributed by atoms with Crippen molar-refractivity contribution in [3.63, 3.8) is 0 Å². The Morgan fingerprint density at radius 1 is 1.19 bits per heavy atom. The van der Waals surface area contributed by atoms with E-state index in [9.17, 15) is 20.1 Å². The van der Waals surface area contributed by atoms with Crippen LogP contribution in [0.5, 0.6) is 28.7 Å². The maximum Gasteiger partial charge on any atom is 0.174 e. The summed E-state index contributed by atoms with van der Waals surface area (Å²) >= 11 is 0. The molecule has 0 saturated heterocycles. The maximum absolute atomic E-state index is 12.6. The Kier molecular flexibility index (Phi) is 5.17. The highest BCUT2D eigenvalue weighted by Crippen LogP contribution is 2.46. The summed E-state index contributed by atoms with van der Waals surface area (Å²) < 4.78 is 12.0. The number of ether oxygens (including phenoxy) is 2. The van der Waals surface area contributed by atoms with Gasteiger partial charge in [-0.3, -0.25) is 4.79 Å². The monoisotopic (exact) mass is 422 g/mol. The first-order valence-corrected chi connectivity index (χ1v) is 10.3. The van der Waals surface area contributed by atoms with Crippen LogP contribution in [0.3, 0.4) is 0 Å². The number of ketones is 1. The SMILES string of the molecule is CC(C)=CCC[C@]1(C)C=Cc2c(ccc([C@@H]3CC(=O)c4c(O)cc(O)cc4O3)c2O)O1. The summed E-state index contributed by atoms with van der Waals surface area (Å²) in [5, 5.41) is 30.6. The van der Waals surface area contributed by atoms with E-state index in [0.717, 1.165) is 18.9 Å². The number of hydrogen-bond donors (Lipinski definition) is 3. The van der Waals surface area contributed by atoms with E-state index >= 15 is 0 Å². The van der Waals surface area contributed by atoms with Gasteiger partial charge in [0, 0.05) is 17.7 Å². The zero-order chi connectivity index (χ0) is 22.3. The molecule has 4 rings (SSSR count). The maximum atomic E-state index is 12.6. The van der Waals surface area contributed by atoms with Crippen LogP contribution in [0.1, 0.15) is 67.6 Å². The molecule has 0 spiro atoms. The normalized spacial score (nSPS) is 21.5. The van der Waals surface area contributed by atoms with Crippen LogP contribution in [-0.4, -0.2) is 26.7 Å². The van der Waals surface area contributed by atoms with Gasteiger partial charge in [-0.15, -0.1) is 0 Å². The number of benzene rings is 2. The highest BCUT2D eigenvalue weighted by atomic mass is 16.5. The fraction of sp³-hybridized carbons (Fsp3) is 0.320. The molecule has 0 amide bonds. The fourth-order valence-electron chi connectivity index (χ4n) is 4.04. The van der Waals surface area contributed by atoms with Crippen LogP contribution in [0.4, 0.5) is 0 Å². The van der Waals surface area contributed by atoms with E-state index in [1.54, 1.807) is 12.1 Å². The molecule has 2 aromatic carbocycles. The minimum atomic E-state index is -0.745. The van der Waals surface area contributed by atoms with Crippen LogP contribution in [-0.2, 0) is 0 Å². The molecule has 2 aromatic rings. The number of rotatable bonds is 4. The quantitative estimate of drug-likeness (QED) is 0.569. The van der Waals surface area contributed by atoms with Crippen molar-refractivity contribution in [1.29, 1.82) is 0 Å². The molecule has 0 unspecified atom stereocenters. The number of Topliss-reactive ketones (excluding diaryl/α,β-unsaturated/α-hetero) is 1. The van der Waals surface area contributed by atoms with Gasteiger partial charge in [0.05, 0.1) is 12.0 Å². The van der Waals surface area contributed by atoms with Crippen LogP contribution in [0.2, 0.25) is 0 Å². The molecular weight excluding hydrogens is 396 g/mol. The number of allylic oxidation sites excluding steroid dienone is 2. The van der Waals surface area contributed by atoms with E-state index in [1.807, 2.05) is 19.1 Å². The lowest BCUT2D eigenvalue weighted by Crippen LogP contribution is -2.31. The smallest absolute Gasteiger partial charge is 0.174 e. The van der Waals surface area contributed by atoms with Crippen LogP contribution < -0.4 is 9.47 Å². The summed E-state index contributed by atoms with van der Waals surface area (Å²) in [6.45, 7) is 6.14. The summed E-state index contributed by atoms with van der Waals surface area (Å²) in [5.41, 5.74) is 1.82. The molecule has 162 valence electrons. The van der Waals surface area contributed by atoms with Crippen LogP contribution in [0.15, 0.2) is 42.0 Å². The molecule has 6 nitrogen and oxygen atoms in total. The van der Waals surface area contributed by atoms with Gasteiger partial charge >= 0.3 is 0 Å². The Morgan fingerprint density at radius 3 is 2.71 bits per heavy atom. The molecule has 31 heavy (non-hydrogen) atoms. The minimum absolute atomic E-state index is 0.00859. The van der Waals surface area contributed by atoms with Crippen molar-refractivity contribution in [1.82, 2.24) is 0 Å². The van der Waals surface area contributed by atoms with Crippen LogP contribution >= 0.6 is 0 Å². The third-order valence-electron chi connectivity index (χ3n) is 5.68. The Bertz CT molecular complexity index is 1110. The lowest BCUT2D eigenvalue weighted by Gasteiger charge is -2.33. The molecular formula is C25H26O6. The van der Waals surface area contributed by atoms with Crippen LogP contribution in [0.25, 0.3) is 6.08 Å². The van der Waals surface area contributed by atoms with Gasteiger partial charge in [-0.05, 0) is 57.9 Å². The predicted octanol–water partition coefficient (Wildman–Crippen LogP) is 5.42. The Balaban J connectivity index is 1.61. The number of phenolic OH excluding ortho intramolecular Hbond substituents is 3. The average molecular weight is 422 g/mol. The van der Waals surface area contributed by atoms with E-state index < -0.39 is 11.7 Å². The zero-order valence-corrected chi connectivity index (χ0v) is 17.8. The second-order valence-corrected chi connectivity index (χ2v) is 8.56. The molecule has 0 bridgehead atoms. The van der Waals surface area contributed by atoms with Crippen LogP contribution in [0, 0.1) is 0 Å². The van der Waals surface area contributed by atoms with E-state index in [2.05, 4.69) is 19.9 Å². The highest BCUT2D eigenvalue weighted by molar-refractivity contribution is 6.02. The second-order valence-electron chi connectivity index (χ2n) is 8.56. The minimum Gasteiger partial charge on any atom is -0.508 e. The number of fused-ring (bicyclic) bond motifs is 2. The van der Waals surface area contributed by atoms with Gasteiger partial charge in [0.2, 0.25) is 0 Å². The van der Waals surface area contributed by atoms with Crippen molar-refractivity contribution in [2.75, 3.05) is 0 Å². The van der Waals surface area contributed by atoms with Gasteiger partial charge < -0.3 is 24.8 Å². The molecule has 2 aliphatic rings. The topological polar surface area (TPSA) is 96.2 Å². The Morgan fingerprint density at radius 2 is 1.97 bits per heavy atom. The molecule has 0 radical (unpaired) electrons. The molecule has 3 N–H and O–H groups in total. The predicted molar refractivity (Wildman–Crippen MR) is 117 cm³/mol. The molecule has 0 aromatic heterocycles. The molecule has 6 heteroatoms. The van der Waals surface area contributed by atoms with Crippen molar-refractivity contribution in [3.8, 4) is 28.7 Å². The fourth-order valence-corrected chi connectivity index (χ4v) is 4.04. The summed E-state index contributed by atoms with van der Waals surface area (Å²) in [6.07, 6.45) is 6.87. The van der Waals surface area contributed by atoms with Gasteiger partial charge in [0.25, 0.3) is 0 Å². The summed E-state index contributed by atoms with van der Waals surface area (Å²) in [4.78, 5) is 12.6. The van der Waals surface area contributed by atoms with Gasteiger partial charge in [-0.2, -0.15) is 0 Å². The third kappa shape index (κ3) is 3.98. The number of hydrogen-bond acceptors (Lipinski definition) is 6. The molecule has 0 fully saturated rings. The van der Waals surface area contributed by atoms with Gasteiger partial charge in [0.1, 0.15) is 46.0 Å². The molecule has 2 heterocycles. The lowest BCUT2D eigenvalue weighted by atomic mass is 9.91. The van der Waals surface area contributed by atoms with Crippen molar-refractivity contribution in [2.45, 2.75) is 51.7 Å². The third-order valence-corrected chi connectivity index (χ3v) is 5.68. The van der Waals surface area contributed by atoms with E-state index in [4.69, 9.17) is 9.47 Å². The number of carbonyl (C=O) groups excluding carboxylic acids is 1. The first-order chi connectivity index (χ1) is 14.7. The molecule has 2 aliphatic heterocycles. The van der Waals surface area contributed by atoms with Crippen molar-refractivity contribution < 1.29 is 29.6 Å². The molecule has 2 atom stereocenters. The zero-order valence-electron chi connectivity index (χ0n) is 17.8. The first-order valence-electron chi connectivity index (χ1n) is 10.3. The Hall–Kier alpha value is -3.41.